The van der Waals surface area contributed by atoms with Crippen LogP contribution in [-0.2, 0) is 4.79 Å². The number of carbonyl (C=O) groups is 2. The number of hydrogen-bond donors (Lipinski definition) is 2. The zero-order valence-corrected chi connectivity index (χ0v) is 17.4. The van der Waals surface area contributed by atoms with E-state index in [1.54, 1.807) is 12.3 Å². The third kappa shape index (κ3) is 7.15. The zero-order chi connectivity index (χ0) is 19.6. The normalized spacial score (nSPS) is 19.0. The average Bonchev–Trinajstić information content (AvgIpc) is 2.76. The number of rotatable bonds is 2. The zero-order valence-electron chi connectivity index (χ0n) is 16.5. The molecule has 7 heteroatoms. The molecule has 0 aliphatic carbocycles. The minimum atomic E-state index is -0.0286. The highest BCUT2D eigenvalue weighted by Gasteiger charge is 2.19. The molecule has 29 heavy (non-hydrogen) atoms. The Morgan fingerprint density at radius 2 is 1.72 bits per heavy atom. The summed E-state index contributed by atoms with van der Waals surface area (Å²) < 4.78 is 0. The van der Waals surface area contributed by atoms with Crippen molar-refractivity contribution in [2.24, 2.45) is 0 Å². The summed E-state index contributed by atoms with van der Waals surface area (Å²) in [7, 11) is 0. The van der Waals surface area contributed by atoms with Gasteiger partial charge >= 0.3 is 0 Å². The van der Waals surface area contributed by atoms with Crippen molar-refractivity contribution in [3.8, 4) is 0 Å². The second-order valence-electron chi connectivity index (χ2n) is 7.04. The summed E-state index contributed by atoms with van der Waals surface area (Å²) in [6.07, 6.45) is 4.59. The molecule has 0 bridgehead atoms. The number of carbonyl (C=O) groups excluding carboxylic acids is 2. The van der Waals surface area contributed by atoms with Crippen molar-refractivity contribution in [3.05, 3.63) is 66.0 Å². The van der Waals surface area contributed by atoms with Gasteiger partial charge < -0.3 is 15.5 Å². The van der Waals surface area contributed by atoms with Gasteiger partial charge in [-0.3, -0.25) is 14.6 Å². The molecule has 3 rings (SSSR count). The Morgan fingerprint density at radius 3 is 2.48 bits per heavy atom. The lowest BCUT2D eigenvalue weighted by Gasteiger charge is -2.23. The lowest BCUT2D eigenvalue weighted by molar-refractivity contribution is -0.121. The van der Waals surface area contributed by atoms with Crippen molar-refractivity contribution in [1.82, 2.24) is 20.5 Å². The standard InChI is InChI=1S/C22H28N4O2.ClH/c27-21-17-20(18-9-2-1-3-10-18)24-14-8-16-26(15-7-6-13-25-21)22(28)19-11-4-5-12-23-19;/h1-5,9-12,20,24H,6-8,13-17H2,(H,25,27);1H. The maximum Gasteiger partial charge on any atom is 0.272 e. The van der Waals surface area contributed by atoms with Gasteiger partial charge in [-0.15, -0.1) is 12.4 Å². The summed E-state index contributed by atoms with van der Waals surface area (Å²) in [4.78, 5) is 31.2. The number of amides is 2. The molecule has 1 unspecified atom stereocenters. The molecule has 1 aromatic heterocycles. The first-order valence-electron chi connectivity index (χ1n) is 9.99. The number of pyridine rings is 1. The molecule has 0 saturated carbocycles. The van der Waals surface area contributed by atoms with Gasteiger partial charge in [0.15, 0.2) is 0 Å². The van der Waals surface area contributed by atoms with E-state index >= 15 is 0 Å². The van der Waals surface area contributed by atoms with Crippen molar-refractivity contribution >= 4 is 24.2 Å². The van der Waals surface area contributed by atoms with Crippen LogP contribution in [0, 0.1) is 0 Å². The SMILES string of the molecule is Cl.O=C1CC(c2ccccc2)NCCCN(C(=O)c2ccccn2)CCCCN1. The quantitative estimate of drug-likeness (QED) is 0.789. The summed E-state index contributed by atoms with van der Waals surface area (Å²) in [6, 6.07) is 15.4. The Balaban J connectivity index is 0.00000300. The maximum absolute atomic E-state index is 12.8. The summed E-state index contributed by atoms with van der Waals surface area (Å²) in [6.45, 7) is 2.71. The van der Waals surface area contributed by atoms with E-state index in [2.05, 4.69) is 15.6 Å². The molecule has 1 aliphatic rings. The van der Waals surface area contributed by atoms with Crippen LogP contribution in [0.5, 0.6) is 0 Å². The van der Waals surface area contributed by atoms with E-state index in [1.807, 2.05) is 47.4 Å². The highest BCUT2D eigenvalue weighted by atomic mass is 35.5. The molecule has 1 saturated heterocycles. The van der Waals surface area contributed by atoms with Crippen LogP contribution in [-0.4, -0.2) is 47.9 Å². The fourth-order valence-electron chi connectivity index (χ4n) is 3.42. The van der Waals surface area contributed by atoms with Crippen LogP contribution >= 0.6 is 12.4 Å². The molecule has 1 aromatic carbocycles. The molecular formula is C22H29ClN4O2. The topological polar surface area (TPSA) is 74.3 Å². The largest absolute Gasteiger partial charge is 0.356 e. The maximum atomic E-state index is 12.8. The summed E-state index contributed by atoms with van der Waals surface area (Å²) in [5.41, 5.74) is 1.59. The van der Waals surface area contributed by atoms with Gasteiger partial charge in [-0.2, -0.15) is 0 Å². The molecule has 1 atom stereocenters. The van der Waals surface area contributed by atoms with Gasteiger partial charge in [-0.25, -0.2) is 0 Å². The Labute approximate surface area is 178 Å². The van der Waals surface area contributed by atoms with Crippen molar-refractivity contribution in [2.45, 2.75) is 31.7 Å². The van der Waals surface area contributed by atoms with Crippen molar-refractivity contribution in [3.63, 3.8) is 0 Å². The van der Waals surface area contributed by atoms with Gasteiger partial charge in [0, 0.05) is 38.3 Å². The number of nitrogens with zero attached hydrogens (tertiary/aromatic N) is 2. The fourth-order valence-corrected chi connectivity index (χ4v) is 3.42. The van der Waals surface area contributed by atoms with Gasteiger partial charge in [-0.05, 0) is 43.5 Å². The lowest BCUT2D eigenvalue weighted by Crippen LogP contribution is -2.35. The van der Waals surface area contributed by atoms with E-state index in [0.717, 1.165) is 31.4 Å². The minimum absolute atomic E-state index is 0. The molecule has 2 heterocycles. The molecule has 0 spiro atoms. The number of halogens is 1. The second-order valence-corrected chi connectivity index (χ2v) is 7.04. The molecule has 0 radical (unpaired) electrons. The van der Waals surface area contributed by atoms with Crippen LogP contribution in [0.1, 0.15) is 47.8 Å². The Bertz CT molecular complexity index is 758. The van der Waals surface area contributed by atoms with E-state index < -0.39 is 0 Å². The average molecular weight is 417 g/mol. The Kier molecular flexibility index (Phi) is 9.60. The molecule has 6 nitrogen and oxygen atoms in total. The van der Waals surface area contributed by atoms with Gasteiger partial charge in [-0.1, -0.05) is 36.4 Å². The van der Waals surface area contributed by atoms with E-state index in [4.69, 9.17) is 0 Å². The van der Waals surface area contributed by atoms with Gasteiger partial charge in [0.05, 0.1) is 0 Å². The number of hydrogen-bond acceptors (Lipinski definition) is 4. The van der Waals surface area contributed by atoms with Crippen molar-refractivity contribution in [2.75, 3.05) is 26.2 Å². The van der Waals surface area contributed by atoms with E-state index in [0.29, 0.717) is 31.7 Å². The number of aromatic nitrogens is 1. The monoisotopic (exact) mass is 416 g/mol. The molecule has 1 fully saturated rings. The molecular weight excluding hydrogens is 388 g/mol. The van der Waals surface area contributed by atoms with Gasteiger partial charge in [0.25, 0.3) is 5.91 Å². The summed E-state index contributed by atoms with van der Waals surface area (Å²) in [5, 5.41) is 6.49. The summed E-state index contributed by atoms with van der Waals surface area (Å²) >= 11 is 0. The first-order chi connectivity index (χ1) is 13.7. The minimum Gasteiger partial charge on any atom is -0.356 e. The van der Waals surface area contributed by atoms with Crippen LogP contribution in [0.2, 0.25) is 0 Å². The van der Waals surface area contributed by atoms with Crippen LogP contribution in [0.3, 0.4) is 0 Å². The predicted octanol–water partition coefficient (Wildman–Crippen LogP) is 2.97. The smallest absolute Gasteiger partial charge is 0.272 e. The lowest BCUT2D eigenvalue weighted by atomic mass is 10.0. The molecule has 2 N–H and O–H groups in total. The Morgan fingerprint density at radius 1 is 0.966 bits per heavy atom. The molecule has 2 aromatic rings. The van der Waals surface area contributed by atoms with Crippen LogP contribution in [0.15, 0.2) is 54.7 Å². The van der Waals surface area contributed by atoms with Crippen LogP contribution in [0.25, 0.3) is 0 Å². The first-order valence-corrected chi connectivity index (χ1v) is 9.99. The van der Waals surface area contributed by atoms with E-state index in [9.17, 15) is 9.59 Å². The molecule has 1 aliphatic heterocycles. The molecule has 156 valence electrons. The number of nitrogens with one attached hydrogen (secondary N) is 2. The third-order valence-electron chi connectivity index (χ3n) is 4.94. The second kappa shape index (κ2) is 12.2. The third-order valence-corrected chi connectivity index (χ3v) is 4.94. The van der Waals surface area contributed by atoms with Crippen LogP contribution in [0.4, 0.5) is 0 Å². The fraction of sp³-hybridized carbons (Fsp3) is 0.409. The van der Waals surface area contributed by atoms with E-state index in [-0.39, 0.29) is 30.3 Å². The summed E-state index contributed by atoms with van der Waals surface area (Å²) in [5.74, 6) is 0.0288. The van der Waals surface area contributed by atoms with Crippen molar-refractivity contribution in [1.29, 1.82) is 0 Å². The van der Waals surface area contributed by atoms with Crippen LogP contribution < -0.4 is 10.6 Å². The predicted molar refractivity (Wildman–Crippen MR) is 116 cm³/mol. The highest BCUT2D eigenvalue weighted by molar-refractivity contribution is 5.92. The van der Waals surface area contributed by atoms with Gasteiger partial charge in [0.2, 0.25) is 5.91 Å². The van der Waals surface area contributed by atoms with Crippen molar-refractivity contribution < 1.29 is 9.59 Å². The Hall–Kier alpha value is -2.44. The highest BCUT2D eigenvalue weighted by Crippen LogP contribution is 2.17. The number of benzene rings is 1. The molecule has 2 amide bonds. The van der Waals surface area contributed by atoms with Gasteiger partial charge in [0.1, 0.15) is 5.69 Å². The first kappa shape index (κ1) is 22.8. The van der Waals surface area contributed by atoms with E-state index in [1.165, 1.54) is 0 Å².